The number of benzene rings is 1. The van der Waals surface area contributed by atoms with Gasteiger partial charge in [0.1, 0.15) is 20.5 Å². The van der Waals surface area contributed by atoms with E-state index in [2.05, 4.69) is 15.9 Å². The Hall–Kier alpha value is -0.550. The first-order valence-corrected chi connectivity index (χ1v) is 10.1. The third kappa shape index (κ3) is 4.71. The smallest absolute Gasteiger partial charge is 0.245 e. The van der Waals surface area contributed by atoms with Gasteiger partial charge in [-0.25, -0.2) is 21.2 Å². The van der Waals surface area contributed by atoms with Gasteiger partial charge in [-0.1, -0.05) is 15.9 Å². The first-order chi connectivity index (χ1) is 9.49. The number of rotatable bonds is 6. The lowest BCUT2D eigenvalue weighted by Gasteiger charge is -2.18. The van der Waals surface area contributed by atoms with Gasteiger partial charge in [-0.05, 0) is 12.1 Å². The standard InChI is InChI=1S/C11H16BrFN2O4S2/c1-15(3-4-20(2,16)17)21(18,19)10-6-9(12)5-8(7-14)11(10)13/h5-6H,3-4,7,14H2,1-2H3. The van der Waals surface area contributed by atoms with Crippen molar-refractivity contribution in [1.82, 2.24) is 4.31 Å². The Morgan fingerprint density at radius 3 is 2.33 bits per heavy atom. The summed E-state index contributed by atoms with van der Waals surface area (Å²) < 4.78 is 62.2. The molecule has 0 spiro atoms. The molecule has 10 heteroatoms. The average molecular weight is 403 g/mol. The minimum Gasteiger partial charge on any atom is -0.326 e. The van der Waals surface area contributed by atoms with Gasteiger partial charge in [0, 0.05) is 36.4 Å². The molecule has 0 saturated heterocycles. The van der Waals surface area contributed by atoms with E-state index in [0.717, 1.165) is 16.6 Å². The maximum Gasteiger partial charge on any atom is 0.245 e. The van der Waals surface area contributed by atoms with Crippen molar-refractivity contribution >= 4 is 35.8 Å². The molecule has 1 aromatic carbocycles. The molecule has 0 aliphatic carbocycles. The summed E-state index contributed by atoms with van der Waals surface area (Å²) in [5, 5.41) is 0. The Balaban J connectivity index is 3.22. The zero-order chi connectivity index (χ0) is 16.4. The van der Waals surface area contributed by atoms with Gasteiger partial charge >= 0.3 is 0 Å². The molecule has 0 aliphatic rings. The molecule has 120 valence electrons. The summed E-state index contributed by atoms with van der Waals surface area (Å²) in [7, 11) is -6.26. The highest BCUT2D eigenvalue weighted by Gasteiger charge is 2.27. The lowest BCUT2D eigenvalue weighted by atomic mass is 10.2. The lowest BCUT2D eigenvalue weighted by Crippen LogP contribution is -2.32. The molecule has 2 N–H and O–H groups in total. The van der Waals surface area contributed by atoms with Gasteiger partial charge in [0.15, 0.2) is 0 Å². The van der Waals surface area contributed by atoms with E-state index < -0.39 is 30.6 Å². The van der Waals surface area contributed by atoms with E-state index in [-0.39, 0.29) is 24.4 Å². The monoisotopic (exact) mass is 402 g/mol. The quantitative estimate of drug-likeness (QED) is 0.755. The topological polar surface area (TPSA) is 97.5 Å². The Bertz CT molecular complexity index is 735. The van der Waals surface area contributed by atoms with Crippen molar-refractivity contribution in [3.05, 3.63) is 28.0 Å². The summed E-state index contributed by atoms with van der Waals surface area (Å²) in [6, 6.07) is 2.52. The summed E-state index contributed by atoms with van der Waals surface area (Å²) in [6.45, 7) is -0.411. The van der Waals surface area contributed by atoms with Crippen LogP contribution >= 0.6 is 15.9 Å². The fourth-order valence-corrected chi connectivity index (χ4v) is 4.22. The van der Waals surface area contributed by atoms with Crippen molar-refractivity contribution in [3.8, 4) is 0 Å². The molecule has 0 unspecified atom stereocenters. The van der Waals surface area contributed by atoms with Crippen LogP contribution in [0.5, 0.6) is 0 Å². The molecular weight excluding hydrogens is 387 g/mol. The van der Waals surface area contributed by atoms with Crippen LogP contribution in [0.1, 0.15) is 5.56 Å². The minimum absolute atomic E-state index is 0.0551. The number of sulfonamides is 1. The summed E-state index contributed by atoms with van der Waals surface area (Å²) in [6.07, 6.45) is 1.000. The average Bonchev–Trinajstić information content (AvgIpc) is 2.36. The molecule has 21 heavy (non-hydrogen) atoms. The first kappa shape index (κ1) is 18.5. The van der Waals surface area contributed by atoms with Crippen LogP contribution in [0, 0.1) is 5.82 Å². The molecule has 0 amide bonds. The highest BCUT2D eigenvalue weighted by Crippen LogP contribution is 2.26. The zero-order valence-electron chi connectivity index (χ0n) is 11.5. The van der Waals surface area contributed by atoms with Gasteiger partial charge in [0.2, 0.25) is 10.0 Å². The number of hydrogen-bond donors (Lipinski definition) is 1. The van der Waals surface area contributed by atoms with Crippen LogP contribution in [-0.2, 0) is 26.4 Å². The normalized spacial score (nSPS) is 12.9. The number of hydrogen-bond acceptors (Lipinski definition) is 5. The third-order valence-corrected chi connectivity index (χ3v) is 6.00. The molecule has 0 aliphatic heterocycles. The highest BCUT2D eigenvalue weighted by atomic mass is 79.9. The molecule has 1 rings (SSSR count). The van der Waals surface area contributed by atoms with Crippen molar-refractivity contribution in [2.75, 3.05) is 25.6 Å². The van der Waals surface area contributed by atoms with E-state index in [0.29, 0.717) is 4.47 Å². The van der Waals surface area contributed by atoms with E-state index >= 15 is 0 Å². The van der Waals surface area contributed by atoms with Gasteiger partial charge < -0.3 is 5.73 Å². The summed E-state index contributed by atoms with van der Waals surface area (Å²) >= 11 is 3.10. The summed E-state index contributed by atoms with van der Waals surface area (Å²) in [5.74, 6) is -1.27. The van der Waals surface area contributed by atoms with Crippen LogP contribution in [0.4, 0.5) is 4.39 Å². The largest absolute Gasteiger partial charge is 0.326 e. The number of nitrogens with zero attached hydrogens (tertiary/aromatic N) is 1. The minimum atomic E-state index is -4.14. The van der Waals surface area contributed by atoms with E-state index in [1.54, 1.807) is 0 Å². The van der Waals surface area contributed by atoms with Gasteiger partial charge in [-0.3, -0.25) is 0 Å². The van der Waals surface area contributed by atoms with Crippen molar-refractivity contribution in [2.45, 2.75) is 11.4 Å². The van der Waals surface area contributed by atoms with E-state index in [1.165, 1.54) is 13.1 Å². The fraction of sp³-hybridized carbons (Fsp3) is 0.455. The molecule has 0 saturated carbocycles. The lowest BCUT2D eigenvalue weighted by molar-refractivity contribution is 0.475. The van der Waals surface area contributed by atoms with Crippen molar-refractivity contribution in [3.63, 3.8) is 0 Å². The van der Waals surface area contributed by atoms with Gasteiger partial charge in [0.25, 0.3) is 0 Å². The fourth-order valence-electron chi connectivity index (χ4n) is 1.54. The molecule has 0 bridgehead atoms. The number of halogens is 2. The van der Waals surface area contributed by atoms with Gasteiger partial charge in [0.05, 0.1) is 5.75 Å². The first-order valence-electron chi connectivity index (χ1n) is 5.81. The molecule has 6 nitrogen and oxygen atoms in total. The maximum atomic E-state index is 14.2. The number of sulfone groups is 1. The third-order valence-electron chi connectivity index (χ3n) is 2.76. The summed E-state index contributed by atoms with van der Waals surface area (Å²) in [5.41, 5.74) is 5.43. The van der Waals surface area contributed by atoms with E-state index in [1.807, 2.05) is 0 Å². The van der Waals surface area contributed by atoms with Crippen LogP contribution in [0.2, 0.25) is 0 Å². The molecular formula is C11H16BrFN2O4S2. The Labute approximate surface area is 132 Å². The second-order valence-electron chi connectivity index (χ2n) is 4.54. The zero-order valence-corrected chi connectivity index (χ0v) is 14.7. The summed E-state index contributed by atoms with van der Waals surface area (Å²) in [4.78, 5) is -0.534. The second-order valence-corrected chi connectivity index (χ2v) is 9.73. The van der Waals surface area contributed by atoms with Crippen molar-refractivity contribution in [1.29, 1.82) is 0 Å². The Morgan fingerprint density at radius 1 is 1.29 bits per heavy atom. The SMILES string of the molecule is CN(CCS(C)(=O)=O)S(=O)(=O)c1cc(Br)cc(CN)c1F. The Morgan fingerprint density at radius 2 is 1.86 bits per heavy atom. The van der Waals surface area contributed by atoms with Gasteiger partial charge in [-0.2, -0.15) is 4.31 Å². The van der Waals surface area contributed by atoms with Crippen LogP contribution in [0.25, 0.3) is 0 Å². The van der Waals surface area contributed by atoms with Crippen LogP contribution in [0.3, 0.4) is 0 Å². The van der Waals surface area contributed by atoms with Crippen LogP contribution < -0.4 is 5.73 Å². The molecule has 0 atom stereocenters. The highest BCUT2D eigenvalue weighted by molar-refractivity contribution is 9.10. The predicted octanol–water partition coefficient (Wildman–Crippen LogP) is 0.712. The van der Waals surface area contributed by atoms with E-state index in [4.69, 9.17) is 5.73 Å². The molecule has 1 aromatic rings. The van der Waals surface area contributed by atoms with Crippen LogP contribution in [0.15, 0.2) is 21.5 Å². The predicted molar refractivity (Wildman–Crippen MR) is 81.5 cm³/mol. The Kier molecular flexibility index (Phi) is 5.90. The molecule has 0 fully saturated rings. The molecule has 0 radical (unpaired) electrons. The van der Waals surface area contributed by atoms with E-state index in [9.17, 15) is 21.2 Å². The maximum absolute atomic E-state index is 14.2. The second kappa shape index (κ2) is 6.69. The molecule has 0 heterocycles. The van der Waals surface area contributed by atoms with Gasteiger partial charge in [-0.15, -0.1) is 0 Å². The van der Waals surface area contributed by atoms with Crippen LogP contribution in [-0.4, -0.2) is 46.7 Å². The number of nitrogens with two attached hydrogens (primary N) is 1. The van der Waals surface area contributed by atoms with Crippen molar-refractivity contribution < 1.29 is 21.2 Å². The molecule has 0 aromatic heterocycles. The van der Waals surface area contributed by atoms with Crippen molar-refractivity contribution in [2.24, 2.45) is 5.73 Å².